The number of carbonyl (C=O) groups excluding carboxylic acids is 1. The summed E-state index contributed by atoms with van der Waals surface area (Å²) in [6.07, 6.45) is 4.92. The van der Waals surface area contributed by atoms with Crippen molar-refractivity contribution in [3.63, 3.8) is 0 Å². The molecule has 0 saturated heterocycles. The maximum atomic E-state index is 12.0. The fourth-order valence-electron chi connectivity index (χ4n) is 2.93. The number of benzene rings is 2. The first kappa shape index (κ1) is 18.8. The number of fused-ring (bicyclic) bond motifs is 1. The van der Waals surface area contributed by atoms with Gasteiger partial charge in [0, 0.05) is 20.0 Å². The van der Waals surface area contributed by atoms with Crippen LogP contribution in [0, 0.1) is 23.7 Å². The Morgan fingerprint density at radius 2 is 1.89 bits per heavy atom. The minimum Gasteiger partial charge on any atom is -0.442 e. The zero-order valence-electron chi connectivity index (χ0n) is 15.5. The molecule has 0 amide bonds. The van der Waals surface area contributed by atoms with Gasteiger partial charge in [-0.15, -0.1) is 0 Å². The van der Waals surface area contributed by atoms with Crippen LogP contribution in [0.2, 0.25) is 0 Å². The Kier molecular flexibility index (Phi) is 6.69. The molecule has 0 aliphatic heterocycles. The molecule has 3 nitrogen and oxygen atoms in total. The minimum absolute atomic E-state index is 0.104. The molecule has 1 unspecified atom stereocenters. The molecule has 1 aliphatic carbocycles. The van der Waals surface area contributed by atoms with E-state index in [-0.39, 0.29) is 6.61 Å². The highest BCUT2D eigenvalue weighted by Crippen LogP contribution is 2.22. The molecular weight excluding hydrogens is 336 g/mol. The lowest BCUT2D eigenvalue weighted by Gasteiger charge is -2.13. The maximum Gasteiger partial charge on any atom is 0.333 e. The summed E-state index contributed by atoms with van der Waals surface area (Å²) in [5.41, 5.74) is 1.73. The number of carbonyl (C=O) groups is 1. The monoisotopic (exact) mass is 358 g/mol. The lowest BCUT2D eigenvalue weighted by atomic mass is 10.00. The quantitative estimate of drug-likeness (QED) is 0.602. The zero-order valence-corrected chi connectivity index (χ0v) is 15.5. The molecule has 2 aromatic carbocycles. The third-order valence-electron chi connectivity index (χ3n) is 4.25. The van der Waals surface area contributed by atoms with Gasteiger partial charge >= 0.3 is 5.97 Å². The van der Waals surface area contributed by atoms with Crippen LogP contribution in [-0.2, 0) is 14.3 Å². The summed E-state index contributed by atoms with van der Waals surface area (Å²) in [6, 6.07) is 14.3. The Bertz CT molecular complexity index is 958. The molecule has 0 saturated carbocycles. The third-order valence-corrected chi connectivity index (χ3v) is 4.25. The Morgan fingerprint density at radius 1 is 1.11 bits per heavy atom. The van der Waals surface area contributed by atoms with E-state index in [9.17, 15) is 4.79 Å². The van der Waals surface area contributed by atoms with Crippen molar-refractivity contribution >= 4 is 22.8 Å². The van der Waals surface area contributed by atoms with Crippen molar-refractivity contribution in [2.75, 3.05) is 13.7 Å². The van der Waals surface area contributed by atoms with E-state index in [0.29, 0.717) is 5.57 Å². The van der Waals surface area contributed by atoms with Crippen LogP contribution in [-0.4, -0.2) is 25.8 Å². The van der Waals surface area contributed by atoms with Crippen molar-refractivity contribution < 1.29 is 14.3 Å². The van der Waals surface area contributed by atoms with Gasteiger partial charge in [0.15, 0.2) is 6.10 Å². The van der Waals surface area contributed by atoms with E-state index >= 15 is 0 Å². The predicted molar refractivity (Wildman–Crippen MR) is 108 cm³/mol. The Balaban J connectivity index is 2.04. The Morgan fingerprint density at radius 3 is 2.74 bits per heavy atom. The van der Waals surface area contributed by atoms with Crippen molar-refractivity contribution in [3.8, 4) is 23.7 Å². The molecule has 0 heterocycles. The lowest BCUT2D eigenvalue weighted by Crippen LogP contribution is -2.21. The SMILES string of the molecule is COCC(=O)OC1C#CCCCCC#C/C1=C/c1cccc2ccccc12. The van der Waals surface area contributed by atoms with Gasteiger partial charge < -0.3 is 9.47 Å². The fraction of sp³-hybridized carbons (Fsp3) is 0.292. The van der Waals surface area contributed by atoms with Crippen LogP contribution in [0.25, 0.3) is 16.8 Å². The summed E-state index contributed by atoms with van der Waals surface area (Å²) in [5, 5.41) is 2.28. The normalized spacial score (nSPS) is 18.1. The first-order valence-electron chi connectivity index (χ1n) is 9.13. The van der Waals surface area contributed by atoms with Crippen molar-refractivity contribution in [2.24, 2.45) is 0 Å². The van der Waals surface area contributed by atoms with Gasteiger partial charge in [0.1, 0.15) is 6.61 Å². The summed E-state index contributed by atoms with van der Waals surface area (Å²) >= 11 is 0. The van der Waals surface area contributed by atoms with Crippen molar-refractivity contribution in [1.82, 2.24) is 0 Å². The molecule has 1 atom stereocenters. The molecule has 3 heteroatoms. The van der Waals surface area contributed by atoms with E-state index in [4.69, 9.17) is 9.47 Å². The van der Waals surface area contributed by atoms with Gasteiger partial charge in [-0.1, -0.05) is 66.1 Å². The van der Waals surface area contributed by atoms with Crippen LogP contribution >= 0.6 is 0 Å². The molecule has 136 valence electrons. The van der Waals surface area contributed by atoms with E-state index in [1.807, 2.05) is 30.3 Å². The topological polar surface area (TPSA) is 35.5 Å². The van der Waals surface area contributed by atoms with Gasteiger partial charge in [0.2, 0.25) is 0 Å². The number of rotatable bonds is 4. The van der Waals surface area contributed by atoms with Crippen molar-refractivity contribution in [2.45, 2.75) is 31.8 Å². The van der Waals surface area contributed by atoms with Crippen LogP contribution in [0.5, 0.6) is 0 Å². The number of esters is 1. The summed E-state index contributed by atoms with van der Waals surface area (Å²) in [6.45, 7) is -0.104. The second-order valence-electron chi connectivity index (χ2n) is 6.30. The second-order valence-corrected chi connectivity index (χ2v) is 6.30. The summed E-state index contributed by atoms with van der Waals surface area (Å²) in [4.78, 5) is 12.0. The molecular formula is C24H22O3. The zero-order chi connectivity index (χ0) is 18.9. The molecule has 2 aromatic rings. The molecule has 0 spiro atoms. The van der Waals surface area contributed by atoms with Crippen LogP contribution in [0.1, 0.15) is 31.2 Å². The van der Waals surface area contributed by atoms with Crippen LogP contribution in [0.3, 0.4) is 0 Å². The highest BCUT2D eigenvalue weighted by Gasteiger charge is 2.17. The summed E-state index contributed by atoms with van der Waals surface area (Å²) < 4.78 is 10.4. The number of methoxy groups -OCH3 is 1. The molecule has 1 aliphatic rings. The minimum atomic E-state index is -0.683. The third kappa shape index (κ3) is 5.23. The Hall–Kier alpha value is -3.01. The maximum absolute atomic E-state index is 12.0. The molecule has 3 rings (SSSR count). The van der Waals surface area contributed by atoms with Crippen LogP contribution in [0.4, 0.5) is 0 Å². The number of hydrogen-bond donors (Lipinski definition) is 0. The molecule has 0 bridgehead atoms. The Labute approximate surface area is 160 Å². The van der Waals surface area contributed by atoms with Gasteiger partial charge in [-0.05, 0) is 35.3 Å². The van der Waals surface area contributed by atoms with Gasteiger partial charge in [-0.3, -0.25) is 0 Å². The average Bonchev–Trinajstić information content (AvgIpc) is 2.68. The smallest absolute Gasteiger partial charge is 0.333 e. The van der Waals surface area contributed by atoms with Crippen molar-refractivity contribution in [1.29, 1.82) is 0 Å². The fourth-order valence-corrected chi connectivity index (χ4v) is 2.93. The highest BCUT2D eigenvalue weighted by atomic mass is 16.6. The molecule has 0 N–H and O–H groups in total. The van der Waals surface area contributed by atoms with E-state index in [1.165, 1.54) is 7.11 Å². The molecule has 0 aromatic heterocycles. The first-order valence-corrected chi connectivity index (χ1v) is 9.13. The summed E-state index contributed by atoms with van der Waals surface area (Å²) in [7, 11) is 1.47. The number of ether oxygens (including phenoxy) is 2. The average molecular weight is 358 g/mol. The summed E-state index contributed by atoms with van der Waals surface area (Å²) in [5.74, 6) is 12.2. The van der Waals surface area contributed by atoms with E-state index in [2.05, 4.69) is 41.9 Å². The predicted octanol–water partition coefficient (Wildman–Crippen LogP) is 4.36. The van der Waals surface area contributed by atoms with E-state index in [1.54, 1.807) is 0 Å². The number of hydrogen-bond acceptors (Lipinski definition) is 3. The molecule has 0 fully saturated rings. The van der Waals surface area contributed by atoms with E-state index in [0.717, 1.165) is 42.0 Å². The first-order chi connectivity index (χ1) is 13.3. The van der Waals surface area contributed by atoms with Gasteiger partial charge in [0.05, 0.1) is 5.57 Å². The van der Waals surface area contributed by atoms with Crippen LogP contribution < -0.4 is 0 Å². The van der Waals surface area contributed by atoms with Gasteiger partial charge in [-0.2, -0.15) is 0 Å². The standard InChI is InChI=1S/C24H22O3/c1-26-18-24(25)27-23-16-7-5-3-2-4-6-12-21(23)17-20-14-10-13-19-11-8-9-15-22(19)20/h8-11,13-15,17,23H,2-5,18H2,1H3/b21-17-. The largest absolute Gasteiger partial charge is 0.442 e. The second kappa shape index (κ2) is 9.62. The van der Waals surface area contributed by atoms with Gasteiger partial charge in [0.25, 0.3) is 0 Å². The lowest BCUT2D eigenvalue weighted by molar-refractivity contribution is -0.149. The van der Waals surface area contributed by atoms with E-state index < -0.39 is 12.1 Å². The van der Waals surface area contributed by atoms with Crippen molar-refractivity contribution in [3.05, 3.63) is 53.6 Å². The van der Waals surface area contributed by atoms with Crippen LogP contribution in [0.15, 0.2) is 48.0 Å². The molecule has 0 radical (unpaired) electrons. The highest BCUT2D eigenvalue weighted by molar-refractivity contribution is 5.91. The molecule has 27 heavy (non-hydrogen) atoms. The van der Waals surface area contributed by atoms with Gasteiger partial charge in [-0.25, -0.2) is 4.79 Å².